The van der Waals surface area contributed by atoms with E-state index in [0.717, 1.165) is 12.5 Å². The third kappa shape index (κ3) is 8.21. The number of fused-ring (bicyclic) bond motifs is 1. The van der Waals surface area contributed by atoms with E-state index in [1.54, 1.807) is 42.5 Å². The highest BCUT2D eigenvalue weighted by Gasteiger charge is 2.21. The number of aliphatic hydroxyl groups excluding tert-OH is 1. The smallest absolute Gasteiger partial charge is 0.507 e. The number of rotatable bonds is 14. The maximum Gasteiger partial charge on any atom is 0.513 e. The van der Waals surface area contributed by atoms with Gasteiger partial charge in [0.2, 0.25) is 0 Å². The summed E-state index contributed by atoms with van der Waals surface area (Å²) in [6.45, 7) is 3.75. The summed E-state index contributed by atoms with van der Waals surface area (Å²) in [5.41, 5.74) is 1.17. The molecule has 0 saturated carbocycles. The van der Waals surface area contributed by atoms with Gasteiger partial charge in [0.25, 0.3) is 5.95 Å². The lowest BCUT2D eigenvalue weighted by molar-refractivity contribution is 0.101. The molecule has 4 rings (SSSR count). The van der Waals surface area contributed by atoms with E-state index in [-0.39, 0.29) is 28.1 Å². The summed E-state index contributed by atoms with van der Waals surface area (Å²) in [5, 5.41) is 30.2. The predicted octanol–water partition coefficient (Wildman–Crippen LogP) is 7.08. The Morgan fingerprint density at radius 1 is 1.11 bits per heavy atom. The average molecular weight is 621 g/mol. The first-order valence-corrected chi connectivity index (χ1v) is 14.7. The number of furan rings is 1. The fourth-order valence-corrected chi connectivity index (χ4v) is 5.53. The Morgan fingerprint density at radius 3 is 2.64 bits per heavy atom. The topological polar surface area (TPSA) is 157 Å². The maximum atomic E-state index is 12.4. The molecule has 0 aliphatic heterocycles. The van der Waals surface area contributed by atoms with Crippen LogP contribution in [0, 0.1) is 0 Å². The van der Waals surface area contributed by atoms with Gasteiger partial charge >= 0.3 is 6.16 Å². The van der Waals surface area contributed by atoms with Crippen molar-refractivity contribution in [2.45, 2.75) is 49.4 Å². The molecule has 0 spiro atoms. The van der Waals surface area contributed by atoms with Crippen LogP contribution in [0.2, 0.25) is 0 Å². The molecule has 0 amide bonds. The van der Waals surface area contributed by atoms with E-state index in [1.165, 1.54) is 31.2 Å². The number of ketones is 1. The van der Waals surface area contributed by atoms with Gasteiger partial charge in [0, 0.05) is 16.0 Å². The van der Waals surface area contributed by atoms with Crippen LogP contribution in [0.25, 0.3) is 11.0 Å². The fourth-order valence-electron chi connectivity index (χ4n) is 4.44. The van der Waals surface area contributed by atoms with Crippen LogP contribution in [0.4, 0.5) is 4.79 Å². The number of phenols is 1. The number of thioether (sulfide) groups is 1. The molecule has 2 atom stereocenters. The molecule has 2 aromatic carbocycles. The summed E-state index contributed by atoms with van der Waals surface area (Å²) < 4.78 is 21.0. The van der Waals surface area contributed by atoms with Crippen LogP contribution in [0.1, 0.15) is 54.3 Å². The second kappa shape index (κ2) is 15.1. The van der Waals surface area contributed by atoms with Crippen LogP contribution in [-0.4, -0.2) is 39.1 Å². The standard InChI is InChI=1S/C33H32O10S/c1-3-8-25-27(13-12-23(20(2)34)32(25)37)41-15-7-5-4-6-9-29(31(36)21-14-16-40-19-21)44-22-10-11-24-26(35)18-30(43-33(38)39)42-28(24)17-22/h4-6,9-14,16-19,29,31,36-37H,3,7-8,15H2,1-2H3,(H,38,39)/b5-4-,9-6+. The minimum atomic E-state index is -1.60. The van der Waals surface area contributed by atoms with Gasteiger partial charge in [-0.25, -0.2) is 4.79 Å². The van der Waals surface area contributed by atoms with Crippen molar-refractivity contribution in [2.75, 3.05) is 6.61 Å². The summed E-state index contributed by atoms with van der Waals surface area (Å²) in [5.74, 6) is -0.127. The van der Waals surface area contributed by atoms with E-state index in [0.29, 0.717) is 41.2 Å². The van der Waals surface area contributed by atoms with Gasteiger partial charge < -0.3 is 33.6 Å². The molecule has 11 heteroatoms. The van der Waals surface area contributed by atoms with E-state index >= 15 is 0 Å². The van der Waals surface area contributed by atoms with E-state index in [9.17, 15) is 24.6 Å². The maximum absolute atomic E-state index is 12.4. The number of aromatic hydroxyl groups is 1. The van der Waals surface area contributed by atoms with Gasteiger partial charge in [0.1, 0.15) is 17.1 Å². The molecule has 2 heterocycles. The molecule has 4 aromatic rings. The Labute approximate surface area is 257 Å². The lowest BCUT2D eigenvalue weighted by Crippen LogP contribution is -2.12. The van der Waals surface area contributed by atoms with Gasteiger partial charge in [-0.3, -0.25) is 9.59 Å². The highest BCUT2D eigenvalue weighted by Crippen LogP contribution is 2.35. The number of phenolic OH excluding ortho intramolecular Hbond substituents is 1. The highest BCUT2D eigenvalue weighted by molar-refractivity contribution is 8.00. The molecule has 230 valence electrons. The van der Waals surface area contributed by atoms with Gasteiger partial charge in [-0.05, 0) is 56.2 Å². The largest absolute Gasteiger partial charge is 0.513 e. The Balaban J connectivity index is 1.45. The molecule has 44 heavy (non-hydrogen) atoms. The highest BCUT2D eigenvalue weighted by atomic mass is 32.2. The van der Waals surface area contributed by atoms with E-state index in [1.807, 2.05) is 25.2 Å². The number of carbonyl (C=O) groups is 2. The zero-order valence-corrected chi connectivity index (χ0v) is 24.9. The third-order valence-corrected chi connectivity index (χ3v) is 7.76. The van der Waals surface area contributed by atoms with Gasteiger partial charge in [0.05, 0.1) is 47.5 Å². The lowest BCUT2D eigenvalue weighted by atomic mass is 10.0. The van der Waals surface area contributed by atoms with E-state index in [2.05, 4.69) is 4.74 Å². The number of aliphatic hydroxyl groups is 1. The first-order chi connectivity index (χ1) is 21.2. The van der Waals surface area contributed by atoms with Crippen LogP contribution in [0.5, 0.6) is 17.4 Å². The van der Waals surface area contributed by atoms with Crippen molar-refractivity contribution in [3.8, 4) is 17.4 Å². The van der Waals surface area contributed by atoms with Crippen LogP contribution in [-0.2, 0) is 6.42 Å². The molecule has 2 aromatic heterocycles. The van der Waals surface area contributed by atoms with Gasteiger partial charge in [0.15, 0.2) is 11.2 Å². The summed E-state index contributed by atoms with van der Waals surface area (Å²) in [4.78, 5) is 35.7. The van der Waals surface area contributed by atoms with Crippen molar-refractivity contribution in [3.05, 3.63) is 106 Å². The Morgan fingerprint density at radius 2 is 1.93 bits per heavy atom. The molecular weight excluding hydrogens is 588 g/mol. The Hall–Kier alpha value is -4.74. The molecule has 0 radical (unpaired) electrons. The predicted molar refractivity (Wildman–Crippen MR) is 165 cm³/mol. The number of hydrogen-bond donors (Lipinski definition) is 3. The average Bonchev–Trinajstić information content (AvgIpc) is 3.52. The van der Waals surface area contributed by atoms with E-state index < -0.39 is 28.9 Å². The molecule has 0 fully saturated rings. The molecule has 3 N–H and O–H groups in total. The first-order valence-electron chi connectivity index (χ1n) is 13.8. The quantitative estimate of drug-likeness (QED) is 0.0435. The number of carbonyl (C=O) groups excluding carboxylic acids is 1. The van der Waals surface area contributed by atoms with Crippen molar-refractivity contribution in [1.82, 2.24) is 0 Å². The monoisotopic (exact) mass is 620 g/mol. The Bertz CT molecular complexity index is 1720. The fraction of sp³-hybridized carbons (Fsp3) is 0.242. The molecular formula is C33H32O10S. The zero-order valence-electron chi connectivity index (χ0n) is 24.1. The summed E-state index contributed by atoms with van der Waals surface area (Å²) >= 11 is 1.31. The molecule has 0 bridgehead atoms. The van der Waals surface area contributed by atoms with Crippen LogP contribution < -0.4 is 14.9 Å². The van der Waals surface area contributed by atoms with Crippen molar-refractivity contribution < 1.29 is 43.2 Å². The Kier molecular flexibility index (Phi) is 11.1. The SMILES string of the molecule is CCCc1c(OCC/C=C\C=C\C(Sc2ccc3c(=O)cc(OC(=O)O)oc3c2)C(O)c2ccoc2)ccc(C(C)=O)c1O. The van der Waals surface area contributed by atoms with Crippen molar-refractivity contribution in [2.24, 2.45) is 0 Å². The molecule has 10 nitrogen and oxygen atoms in total. The normalized spacial score (nSPS) is 13.0. The molecule has 0 aliphatic rings. The number of hydrogen-bond acceptors (Lipinski definition) is 10. The second-order valence-electron chi connectivity index (χ2n) is 9.73. The summed E-state index contributed by atoms with van der Waals surface area (Å²) in [6.07, 6.45) is 9.69. The number of benzene rings is 2. The lowest BCUT2D eigenvalue weighted by Gasteiger charge is -2.18. The van der Waals surface area contributed by atoms with Gasteiger partial charge in [-0.2, -0.15) is 0 Å². The first kappa shape index (κ1) is 32.2. The van der Waals surface area contributed by atoms with Gasteiger partial charge in [-0.1, -0.05) is 37.6 Å². The van der Waals surface area contributed by atoms with Crippen molar-refractivity contribution >= 4 is 34.7 Å². The number of carboxylic acid groups (broad SMARTS) is 1. The number of Topliss-reactive ketones (excluding diaryl/α,β-unsaturated/α-hetero) is 1. The number of ether oxygens (including phenoxy) is 2. The summed E-state index contributed by atoms with van der Waals surface area (Å²) in [6, 6.07) is 10.8. The van der Waals surface area contributed by atoms with Crippen molar-refractivity contribution in [1.29, 1.82) is 0 Å². The van der Waals surface area contributed by atoms with Crippen LogP contribution >= 0.6 is 11.8 Å². The minimum Gasteiger partial charge on any atom is -0.507 e. The zero-order chi connectivity index (χ0) is 31.6. The van der Waals surface area contributed by atoms with Crippen LogP contribution in [0.15, 0.2) is 97.8 Å². The molecule has 0 saturated heterocycles. The summed E-state index contributed by atoms with van der Waals surface area (Å²) in [7, 11) is 0. The third-order valence-electron chi connectivity index (χ3n) is 6.54. The minimum absolute atomic E-state index is 0.0300. The van der Waals surface area contributed by atoms with Crippen molar-refractivity contribution in [3.63, 3.8) is 0 Å². The second-order valence-corrected chi connectivity index (χ2v) is 11.0. The van der Waals surface area contributed by atoms with E-state index in [4.69, 9.17) is 18.7 Å². The van der Waals surface area contributed by atoms with Crippen LogP contribution in [0.3, 0.4) is 0 Å². The molecule has 2 unspecified atom stereocenters. The van der Waals surface area contributed by atoms with Gasteiger partial charge in [-0.15, -0.1) is 11.8 Å². The number of allylic oxidation sites excluding steroid dienone is 2. The molecule has 0 aliphatic carbocycles.